The highest BCUT2D eigenvalue weighted by Gasteiger charge is 2.35. The highest BCUT2D eigenvalue weighted by atomic mass is 19.1. The smallest absolute Gasteiger partial charge is 0.320 e. The number of carbonyl (C=O) groups excluding carboxylic acids is 1. The van der Waals surface area contributed by atoms with Crippen LogP contribution in [0.4, 0.5) is 15.0 Å². The number of fused-ring (bicyclic) bond motifs is 1. The first-order valence-electron chi connectivity index (χ1n) is 17.0. The first-order chi connectivity index (χ1) is 22.8. The van der Waals surface area contributed by atoms with Crippen LogP contribution < -0.4 is 10.1 Å². The van der Waals surface area contributed by atoms with E-state index in [1.54, 1.807) is 11.0 Å². The molecule has 2 amide bonds. The summed E-state index contributed by atoms with van der Waals surface area (Å²) in [5, 5.41) is 13.0. The maximum absolute atomic E-state index is 15.0. The van der Waals surface area contributed by atoms with Crippen molar-refractivity contribution in [3.63, 3.8) is 0 Å². The summed E-state index contributed by atoms with van der Waals surface area (Å²) in [6.45, 7) is 9.73. The number of nitrogens with zero attached hydrogens (tertiary/aromatic N) is 3. The van der Waals surface area contributed by atoms with Crippen LogP contribution in [0.3, 0.4) is 0 Å². The molecule has 1 saturated heterocycles. The number of aliphatic carboxylic acids is 1. The lowest BCUT2D eigenvalue weighted by atomic mass is 10.0. The fraction of sp³-hybridized carbons (Fsp3) is 0.629. The van der Waals surface area contributed by atoms with Crippen LogP contribution in [0.2, 0.25) is 0 Å². The van der Waals surface area contributed by atoms with Gasteiger partial charge >= 0.3 is 12.0 Å². The van der Waals surface area contributed by atoms with Crippen molar-refractivity contribution in [3.8, 4) is 5.75 Å². The number of urea groups is 1. The Morgan fingerprint density at radius 3 is 2.47 bits per heavy atom. The Morgan fingerprint density at radius 2 is 1.74 bits per heavy atom. The van der Waals surface area contributed by atoms with Crippen molar-refractivity contribution in [1.29, 1.82) is 0 Å². The second kappa shape index (κ2) is 19.4. The maximum Gasteiger partial charge on any atom is 0.320 e. The number of rotatable bonds is 22. The number of carboxylic acids is 1. The molecule has 0 radical (unpaired) electrons. The molecule has 2 aliphatic rings. The molecule has 260 valence electrons. The number of halogens is 1. The molecular weight excluding hydrogens is 607 g/mol. The van der Waals surface area contributed by atoms with E-state index in [1.165, 1.54) is 22.6 Å². The third-order valence-corrected chi connectivity index (χ3v) is 8.32. The summed E-state index contributed by atoms with van der Waals surface area (Å²) in [7, 11) is 0. The van der Waals surface area contributed by atoms with Crippen LogP contribution in [0.5, 0.6) is 5.75 Å². The number of carbonyl (C=O) groups is 2. The van der Waals surface area contributed by atoms with Crippen LogP contribution in [-0.2, 0) is 31.8 Å². The molecule has 47 heavy (non-hydrogen) atoms. The SMILES string of the molecule is CC(C)CCCOCCOCCOCCOc1ccc([C@@H](CC(=O)O)N2CCN(CCCc3ccc4c(n3)NCCC4)C2=O)cc1F. The number of hydrogen-bond acceptors (Lipinski definition) is 8. The minimum Gasteiger partial charge on any atom is -0.488 e. The Morgan fingerprint density at radius 1 is 1.00 bits per heavy atom. The Hall–Kier alpha value is -3.48. The highest BCUT2D eigenvalue weighted by Crippen LogP contribution is 2.31. The van der Waals surface area contributed by atoms with Gasteiger partial charge in [-0.05, 0) is 73.8 Å². The fourth-order valence-electron chi connectivity index (χ4n) is 5.82. The molecule has 2 aliphatic heterocycles. The van der Waals surface area contributed by atoms with Gasteiger partial charge in [0.05, 0.1) is 45.5 Å². The van der Waals surface area contributed by atoms with E-state index in [2.05, 4.69) is 25.2 Å². The monoisotopic (exact) mass is 658 g/mol. The summed E-state index contributed by atoms with van der Waals surface area (Å²) in [4.78, 5) is 33.1. The third-order valence-electron chi connectivity index (χ3n) is 8.32. The zero-order chi connectivity index (χ0) is 33.4. The molecule has 0 spiro atoms. The lowest BCUT2D eigenvalue weighted by molar-refractivity contribution is -0.138. The van der Waals surface area contributed by atoms with E-state index in [0.717, 1.165) is 63.2 Å². The van der Waals surface area contributed by atoms with Gasteiger partial charge in [0.2, 0.25) is 0 Å². The third kappa shape index (κ3) is 11.9. The minimum absolute atomic E-state index is 0.0395. The number of hydrogen-bond donors (Lipinski definition) is 2. The number of carboxylic acid groups (broad SMARTS) is 1. The van der Waals surface area contributed by atoms with E-state index in [9.17, 15) is 14.7 Å². The Bertz CT molecular complexity index is 1280. The first-order valence-corrected chi connectivity index (χ1v) is 17.0. The van der Waals surface area contributed by atoms with E-state index in [0.29, 0.717) is 57.5 Å². The number of anilines is 1. The molecule has 12 heteroatoms. The van der Waals surface area contributed by atoms with Crippen molar-refractivity contribution >= 4 is 17.8 Å². The van der Waals surface area contributed by atoms with Crippen LogP contribution in [0.15, 0.2) is 30.3 Å². The van der Waals surface area contributed by atoms with Crippen LogP contribution in [-0.4, -0.2) is 104 Å². The first kappa shape index (κ1) is 36.4. The van der Waals surface area contributed by atoms with Crippen LogP contribution in [0, 0.1) is 11.7 Å². The van der Waals surface area contributed by atoms with Gasteiger partial charge < -0.3 is 39.2 Å². The largest absolute Gasteiger partial charge is 0.488 e. The molecule has 0 aliphatic carbocycles. The number of aryl methyl sites for hydroxylation is 2. The summed E-state index contributed by atoms with van der Waals surface area (Å²) in [5.74, 6) is -0.00634. The van der Waals surface area contributed by atoms with Gasteiger partial charge in [-0.3, -0.25) is 4.79 Å². The lowest BCUT2D eigenvalue weighted by Gasteiger charge is -2.27. The molecule has 4 rings (SSSR count). The molecule has 1 aromatic carbocycles. The van der Waals surface area contributed by atoms with Crippen molar-refractivity contribution in [2.45, 2.75) is 64.8 Å². The van der Waals surface area contributed by atoms with Gasteiger partial charge in [0.15, 0.2) is 11.6 Å². The van der Waals surface area contributed by atoms with Gasteiger partial charge in [-0.1, -0.05) is 26.0 Å². The Labute approximate surface area is 277 Å². The van der Waals surface area contributed by atoms with E-state index in [4.69, 9.17) is 23.9 Å². The summed E-state index contributed by atoms with van der Waals surface area (Å²) >= 11 is 0. The van der Waals surface area contributed by atoms with Crippen molar-refractivity contribution in [2.75, 3.05) is 77.7 Å². The zero-order valence-corrected chi connectivity index (χ0v) is 27.9. The van der Waals surface area contributed by atoms with E-state index in [1.807, 2.05) is 6.07 Å². The Kier molecular flexibility index (Phi) is 15.0. The second-order valence-electron chi connectivity index (χ2n) is 12.4. The van der Waals surface area contributed by atoms with E-state index < -0.39 is 17.8 Å². The average Bonchev–Trinajstić information content (AvgIpc) is 3.41. The number of aromatic nitrogens is 1. The molecule has 3 heterocycles. The van der Waals surface area contributed by atoms with Gasteiger partial charge in [-0.25, -0.2) is 14.2 Å². The lowest BCUT2D eigenvalue weighted by Crippen LogP contribution is -2.36. The molecule has 1 aromatic heterocycles. The molecule has 2 aromatic rings. The number of amides is 2. The van der Waals surface area contributed by atoms with Crippen molar-refractivity contribution < 1.29 is 38.0 Å². The standard InChI is InChI=1S/C35H51FN4O7/c1-26(2)6-5-17-44-18-19-45-20-21-46-22-23-47-32-12-10-28(24-30(32)36)31(25-33(41)42)40-16-15-39(35(40)43)14-4-8-29-11-9-27-7-3-13-37-34(27)38-29/h9-12,24,26,31H,3-8,13-23,25H2,1-2H3,(H,37,38)(H,41,42)/t31-/m1/s1. The highest BCUT2D eigenvalue weighted by molar-refractivity contribution is 5.78. The number of benzene rings is 1. The second-order valence-corrected chi connectivity index (χ2v) is 12.4. The van der Waals surface area contributed by atoms with Gasteiger partial charge in [-0.2, -0.15) is 0 Å². The molecular formula is C35H51FN4O7. The minimum atomic E-state index is -1.07. The maximum atomic E-state index is 15.0. The molecule has 11 nitrogen and oxygen atoms in total. The topological polar surface area (TPSA) is 123 Å². The summed E-state index contributed by atoms with van der Waals surface area (Å²) in [6.07, 6.45) is 5.49. The predicted molar refractivity (Wildman–Crippen MR) is 176 cm³/mol. The van der Waals surface area contributed by atoms with Crippen LogP contribution >= 0.6 is 0 Å². The number of nitrogens with one attached hydrogen (secondary N) is 1. The van der Waals surface area contributed by atoms with E-state index >= 15 is 4.39 Å². The molecule has 1 atom stereocenters. The zero-order valence-electron chi connectivity index (χ0n) is 27.9. The molecule has 0 unspecified atom stereocenters. The van der Waals surface area contributed by atoms with Gasteiger partial charge in [0.1, 0.15) is 12.4 Å². The van der Waals surface area contributed by atoms with Gasteiger partial charge in [-0.15, -0.1) is 0 Å². The number of pyridine rings is 1. The normalized spacial score (nSPS) is 15.2. The quantitative estimate of drug-likeness (QED) is 0.162. The summed E-state index contributed by atoms with van der Waals surface area (Å²) in [5.41, 5.74) is 2.63. The average molecular weight is 659 g/mol. The molecule has 1 fully saturated rings. The van der Waals surface area contributed by atoms with Gasteiger partial charge in [0.25, 0.3) is 0 Å². The van der Waals surface area contributed by atoms with E-state index in [-0.39, 0.29) is 31.4 Å². The van der Waals surface area contributed by atoms with Gasteiger partial charge in [0, 0.05) is 38.5 Å². The van der Waals surface area contributed by atoms with Crippen LogP contribution in [0.1, 0.15) is 68.8 Å². The predicted octanol–water partition coefficient (Wildman–Crippen LogP) is 5.33. The van der Waals surface area contributed by atoms with Crippen molar-refractivity contribution in [1.82, 2.24) is 14.8 Å². The Balaban J connectivity index is 1.17. The van der Waals surface area contributed by atoms with Crippen molar-refractivity contribution in [3.05, 3.63) is 53.0 Å². The summed E-state index contributed by atoms with van der Waals surface area (Å²) < 4.78 is 37.1. The molecule has 2 N–H and O–H groups in total. The number of ether oxygens (including phenoxy) is 4. The summed E-state index contributed by atoms with van der Waals surface area (Å²) in [6, 6.07) is 7.49. The van der Waals surface area contributed by atoms with Crippen molar-refractivity contribution in [2.24, 2.45) is 5.92 Å². The molecule has 0 bridgehead atoms. The molecule has 0 saturated carbocycles. The van der Waals surface area contributed by atoms with Crippen LogP contribution in [0.25, 0.3) is 0 Å². The fourth-order valence-corrected chi connectivity index (χ4v) is 5.82.